The summed E-state index contributed by atoms with van der Waals surface area (Å²) in [4.78, 5) is 0. The predicted octanol–water partition coefficient (Wildman–Crippen LogP) is 4.28. The fraction of sp³-hybridized carbons (Fsp3) is 0.133. The van der Waals surface area contributed by atoms with Gasteiger partial charge in [-0.15, -0.1) is 0 Å². The molecular weight excluding hydrogens is 305 g/mol. The summed E-state index contributed by atoms with van der Waals surface area (Å²) in [6.45, 7) is -0.716. The van der Waals surface area contributed by atoms with E-state index in [-0.39, 0.29) is 0 Å². The highest BCUT2D eigenvalue weighted by atomic mass is 32.5. The van der Waals surface area contributed by atoms with Crippen LogP contribution in [0.4, 0.5) is 0 Å². The van der Waals surface area contributed by atoms with Crippen molar-refractivity contribution in [1.29, 1.82) is 5.26 Å². The van der Waals surface area contributed by atoms with Crippen LogP contribution in [-0.4, -0.2) is 6.61 Å². The zero-order chi connectivity index (χ0) is 15.1. The number of rotatable bonds is 6. The smallest absolute Gasteiger partial charge is 0.416 e. The third-order valence-electron chi connectivity index (χ3n) is 2.45. The maximum Gasteiger partial charge on any atom is 0.434 e. The Labute approximate surface area is 129 Å². The van der Waals surface area contributed by atoms with Crippen molar-refractivity contribution in [3.63, 3.8) is 0 Å². The summed E-state index contributed by atoms with van der Waals surface area (Å²) < 4.78 is 16.9. The van der Waals surface area contributed by atoms with Crippen LogP contribution in [0.3, 0.4) is 0 Å². The van der Waals surface area contributed by atoms with Crippen LogP contribution in [0.2, 0.25) is 0 Å². The lowest BCUT2D eigenvalue weighted by molar-refractivity contribution is 0.276. The van der Waals surface area contributed by atoms with Crippen molar-refractivity contribution >= 4 is 18.5 Å². The molecule has 6 heteroatoms. The standard InChI is InChI=1S/C15H14NO3PS/c1-2-17-20(21,18-14-6-4-3-5-7-14)19-15-10-8-13(12-16)9-11-15/h3-11H,2H2,1H3. The third kappa shape index (κ3) is 4.57. The first kappa shape index (κ1) is 15.5. The van der Waals surface area contributed by atoms with Crippen molar-refractivity contribution < 1.29 is 13.6 Å². The molecule has 21 heavy (non-hydrogen) atoms. The largest absolute Gasteiger partial charge is 0.434 e. The van der Waals surface area contributed by atoms with E-state index in [4.69, 9.17) is 30.6 Å². The molecule has 0 aliphatic rings. The quantitative estimate of drug-likeness (QED) is 0.744. The van der Waals surface area contributed by atoms with Crippen molar-refractivity contribution in [2.24, 2.45) is 0 Å². The molecule has 0 heterocycles. The van der Waals surface area contributed by atoms with Gasteiger partial charge in [-0.1, -0.05) is 18.2 Å². The number of benzene rings is 2. The SMILES string of the molecule is CCOP(=S)(Oc1ccccc1)Oc1ccc(C#N)cc1. The van der Waals surface area contributed by atoms with Crippen molar-refractivity contribution in [1.82, 2.24) is 0 Å². The van der Waals surface area contributed by atoms with Crippen molar-refractivity contribution in [2.45, 2.75) is 6.92 Å². The lowest BCUT2D eigenvalue weighted by Gasteiger charge is -2.22. The van der Waals surface area contributed by atoms with Gasteiger partial charge in [0.1, 0.15) is 11.5 Å². The summed E-state index contributed by atoms with van der Waals surface area (Å²) in [6, 6.07) is 17.9. The van der Waals surface area contributed by atoms with E-state index in [1.807, 2.05) is 31.2 Å². The van der Waals surface area contributed by atoms with Crippen molar-refractivity contribution in [3.05, 3.63) is 60.2 Å². The average Bonchev–Trinajstić information content (AvgIpc) is 2.49. The van der Waals surface area contributed by atoms with E-state index in [0.29, 0.717) is 23.7 Å². The summed E-state index contributed by atoms with van der Waals surface area (Å²) in [7, 11) is 0. The molecule has 0 spiro atoms. The molecule has 108 valence electrons. The minimum atomic E-state index is -2.94. The molecule has 4 nitrogen and oxygen atoms in total. The molecule has 1 unspecified atom stereocenters. The normalized spacial score (nSPS) is 13.0. The minimum absolute atomic E-state index is 0.389. The molecule has 2 aromatic rings. The van der Waals surface area contributed by atoms with Crippen molar-refractivity contribution in [2.75, 3.05) is 6.61 Å². The predicted molar refractivity (Wildman–Crippen MR) is 84.8 cm³/mol. The Morgan fingerprint density at radius 1 is 1.00 bits per heavy atom. The molecule has 0 N–H and O–H groups in total. The Kier molecular flexibility index (Phi) is 5.35. The second-order valence-electron chi connectivity index (χ2n) is 4.00. The van der Waals surface area contributed by atoms with Gasteiger partial charge in [-0.2, -0.15) is 5.26 Å². The van der Waals surface area contributed by atoms with Gasteiger partial charge in [0, 0.05) is 11.8 Å². The van der Waals surface area contributed by atoms with E-state index in [1.54, 1.807) is 36.4 Å². The summed E-state index contributed by atoms with van der Waals surface area (Å²) in [6.07, 6.45) is 0. The maximum atomic E-state index is 8.79. The molecule has 0 saturated carbocycles. The first-order valence-electron chi connectivity index (χ1n) is 6.34. The summed E-state index contributed by atoms with van der Waals surface area (Å²) in [5.41, 5.74) is 0.552. The van der Waals surface area contributed by atoms with Crippen LogP contribution in [0.1, 0.15) is 12.5 Å². The van der Waals surface area contributed by atoms with Gasteiger partial charge in [0.2, 0.25) is 0 Å². The lowest BCUT2D eigenvalue weighted by atomic mass is 10.2. The number of para-hydroxylation sites is 1. The van der Waals surface area contributed by atoms with Crippen LogP contribution in [-0.2, 0) is 16.3 Å². The Morgan fingerprint density at radius 3 is 2.10 bits per heavy atom. The summed E-state index contributed by atoms with van der Waals surface area (Å²) >= 11 is 5.41. The molecule has 0 saturated heterocycles. The summed E-state index contributed by atoms with van der Waals surface area (Å²) in [5, 5.41) is 8.79. The third-order valence-corrected chi connectivity index (χ3v) is 4.65. The highest BCUT2D eigenvalue weighted by Crippen LogP contribution is 2.49. The first-order chi connectivity index (χ1) is 10.1. The Hall–Kier alpha value is -1.86. The zero-order valence-corrected chi connectivity index (χ0v) is 13.1. The van der Waals surface area contributed by atoms with Gasteiger partial charge in [-0.25, -0.2) is 0 Å². The van der Waals surface area contributed by atoms with Gasteiger partial charge in [-0.05, 0) is 43.3 Å². The lowest BCUT2D eigenvalue weighted by Crippen LogP contribution is -2.04. The molecule has 0 amide bonds. The monoisotopic (exact) mass is 319 g/mol. The minimum Gasteiger partial charge on any atom is -0.416 e. The highest BCUT2D eigenvalue weighted by Gasteiger charge is 2.23. The molecular formula is C15H14NO3PS. The molecule has 1 atom stereocenters. The van der Waals surface area contributed by atoms with Crippen LogP contribution in [0, 0.1) is 11.3 Å². The van der Waals surface area contributed by atoms with Gasteiger partial charge in [0.05, 0.1) is 18.2 Å². The Balaban J connectivity index is 2.17. The van der Waals surface area contributed by atoms with Crippen LogP contribution in [0.25, 0.3) is 0 Å². The molecule has 0 aliphatic heterocycles. The van der Waals surface area contributed by atoms with E-state index < -0.39 is 6.72 Å². The van der Waals surface area contributed by atoms with E-state index >= 15 is 0 Å². The van der Waals surface area contributed by atoms with Gasteiger partial charge in [-0.3, -0.25) is 4.52 Å². The van der Waals surface area contributed by atoms with E-state index in [0.717, 1.165) is 0 Å². The van der Waals surface area contributed by atoms with Crippen LogP contribution >= 0.6 is 6.72 Å². The van der Waals surface area contributed by atoms with E-state index in [2.05, 4.69) is 0 Å². The molecule has 0 bridgehead atoms. The highest BCUT2D eigenvalue weighted by molar-refractivity contribution is 8.07. The van der Waals surface area contributed by atoms with Crippen LogP contribution in [0.5, 0.6) is 11.5 Å². The zero-order valence-electron chi connectivity index (χ0n) is 11.4. The number of hydrogen-bond acceptors (Lipinski definition) is 5. The average molecular weight is 319 g/mol. The van der Waals surface area contributed by atoms with E-state index in [9.17, 15) is 0 Å². The summed E-state index contributed by atoms with van der Waals surface area (Å²) in [5.74, 6) is 1.12. The molecule has 2 aromatic carbocycles. The van der Waals surface area contributed by atoms with Gasteiger partial charge in [0.25, 0.3) is 0 Å². The second kappa shape index (κ2) is 7.24. The molecule has 0 aromatic heterocycles. The Morgan fingerprint density at radius 2 is 1.57 bits per heavy atom. The second-order valence-corrected chi connectivity index (χ2v) is 6.86. The molecule has 0 aliphatic carbocycles. The fourth-order valence-corrected chi connectivity index (χ4v) is 3.61. The number of nitriles is 1. The van der Waals surface area contributed by atoms with Crippen molar-refractivity contribution in [3.8, 4) is 17.6 Å². The number of hydrogen-bond donors (Lipinski definition) is 0. The van der Waals surface area contributed by atoms with Gasteiger partial charge in [0.15, 0.2) is 0 Å². The van der Waals surface area contributed by atoms with Crippen LogP contribution < -0.4 is 9.05 Å². The first-order valence-corrected chi connectivity index (χ1v) is 8.90. The van der Waals surface area contributed by atoms with Gasteiger partial charge < -0.3 is 9.05 Å². The topological polar surface area (TPSA) is 51.5 Å². The van der Waals surface area contributed by atoms with E-state index in [1.165, 1.54) is 0 Å². The Bertz CT molecular complexity index is 668. The van der Waals surface area contributed by atoms with Gasteiger partial charge >= 0.3 is 6.72 Å². The fourth-order valence-electron chi connectivity index (χ4n) is 1.56. The molecule has 0 fully saturated rings. The molecule has 0 radical (unpaired) electrons. The molecule has 2 rings (SSSR count). The van der Waals surface area contributed by atoms with Crippen LogP contribution in [0.15, 0.2) is 54.6 Å². The maximum absolute atomic E-state index is 8.79. The number of nitrogens with zero attached hydrogens (tertiary/aromatic N) is 1.